The Kier molecular flexibility index (Phi) is 7.16. The number of carbonyl (C=O) groups excluding carboxylic acids is 4. The van der Waals surface area contributed by atoms with Crippen LogP contribution in [-0.2, 0) is 19.1 Å². The van der Waals surface area contributed by atoms with Gasteiger partial charge in [0.25, 0.3) is 0 Å². The number of fused-ring (bicyclic) bond motifs is 1. The van der Waals surface area contributed by atoms with Gasteiger partial charge in [-0.05, 0) is 58.6 Å². The maximum Gasteiger partial charge on any atom is 0.410 e. The Balaban J connectivity index is 2.12. The molecule has 0 radical (unpaired) electrons. The maximum atomic E-state index is 13.3. The van der Waals surface area contributed by atoms with Crippen molar-refractivity contribution in [3.63, 3.8) is 0 Å². The summed E-state index contributed by atoms with van der Waals surface area (Å²) in [6.07, 6.45) is 0.619. The average molecular weight is 442 g/mol. The maximum absolute atomic E-state index is 13.3. The lowest BCUT2D eigenvalue weighted by Crippen LogP contribution is -2.56. The normalized spacial score (nSPS) is 27.0. The molecule has 0 aromatic rings. The number of hydrogen-bond acceptors (Lipinski definition) is 6. The minimum atomic E-state index is -0.807. The highest BCUT2D eigenvalue weighted by Crippen LogP contribution is 2.46. The van der Waals surface area contributed by atoms with Crippen molar-refractivity contribution in [1.29, 1.82) is 0 Å². The zero-order valence-corrected chi connectivity index (χ0v) is 20.1. The molecule has 3 amide bonds. The summed E-state index contributed by atoms with van der Waals surface area (Å²) in [4.78, 5) is 53.6. The summed E-state index contributed by atoms with van der Waals surface area (Å²) in [5, 5.41) is 2.74. The first-order valence-corrected chi connectivity index (χ1v) is 11.4. The molecule has 4 atom stereocenters. The van der Waals surface area contributed by atoms with Crippen molar-refractivity contribution in [3.05, 3.63) is 0 Å². The van der Waals surface area contributed by atoms with Gasteiger partial charge in [-0.1, -0.05) is 13.8 Å². The number of nitrogens with zero attached hydrogens (tertiary/aromatic N) is 2. The number of nitrogens with one attached hydrogen (secondary N) is 1. The van der Waals surface area contributed by atoms with Crippen LogP contribution in [-0.4, -0.2) is 75.4 Å². The van der Waals surface area contributed by atoms with E-state index in [0.29, 0.717) is 12.2 Å². The van der Waals surface area contributed by atoms with Gasteiger partial charge in [0.2, 0.25) is 11.8 Å². The molecule has 0 bridgehead atoms. The average Bonchev–Trinajstić information content (AvgIpc) is 2.79. The van der Waals surface area contributed by atoms with Gasteiger partial charge in [0, 0.05) is 7.05 Å². The molecule has 2 rings (SSSR count). The third-order valence-corrected chi connectivity index (χ3v) is 6.89. The predicted molar refractivity (Wildman–Crippen MR) is 116 cm³/mol. The van der Waals surface area contributed by atoms with Crippen LogP contribution in [0, 0.1) is 5.41 Å². The molecule has 0 spiro atoms. The first-order chi connectivity index (χ1) is 13.7. The molecule has 8 nitrogen and oxygen atoms in total. The molecule has 30 heavy (non-hydrogen) atoms. The van der Waals surface area contributed by atoms with Crippen LogP contribution in [0.4, 0.5) is 4.79 Å². The number of hydrogen-bond donors (Lipinski definition) is 1. The molecule has 2 aliphatic rings. The van der Waals surface area contributed by atoms with Crippen LogP contribution in [0.3, 0.4) is 0 Å². The van der Waals surface area contributed by atoms with Gasteiger partial charge in [0.15, 0.2) is 5.78 Å². The first-order valence-electron chi connectivity index (χ1n) is 10.4. The zero-order valence-electron chi connectivity index (χ0n) is 19.3. The lowest BCUT2D eigenvalue weighted by atomic mass is 9.83. The minimum absolute atomic E-state index is 0.0403. The number of ether oxygens (including phenoxy) is 1. The van der Waals surface area contributed by atoms with Crippen molar-refractivity contribution in [2.45, 2.75) is 90.4 Å². The molecule has 0 aromatic heterocycles. The highest BCUT2D eigenvalue weighted by Gasteiger charge is 2.53. The first kappa shape index (κ1) is 24.5. The van der Waals surface area contributed by atoms with Crippen LogP contribution >= 0.6 is 11.8 Å². The Labute approximate surface area is 183 Å². The number of thioether (sulfide) groups is 1. The van der Waals surface area contributed by atoms with Gasteiger partial charge in [0.1, 0.15) is 17.7 Å². The predicted octanol–water partition coefficient (Wildman–Crippen LogP) is 2.41. The fraction of sp³-hybridized carbons (Fsp3) is 0.810. The van der Waals surface area contributed by atoms with Crippen molar-refractivity contribution in [1.82, 2.24) is 15.1 Å². The summed E-state index contributed by atoms with van der Waals surface area (Å²) in [6.45, 7) is 12.4. The number of Topliss-reactive ketones (excluding diaryl/α,β-unsaturated/α-hetero) is 1. The van der Waals surface area contributed by atoms with E-state index in [0.717, 1.165) is 6.42 Å². The van der Waals surface area contributed by atoms with Gasteiger partial charge < -0.3 is 15.0 Å². The molecular weight excluding hydrogens is 406 g/mol. The molecule has 0 aromatic carbocycles. The van der Waals surface area contributed by atoms with Crippen LogP contribution in [0.15, 0.2) is 0 Å². The summed E-state index contributed by atoms with van der Waals surface area (Å²) >= 11 is 1.66. The van der Waals surface area contributed by atoms with E-state index >= 15 is 0 Å². The quantitative estimate of drug-likeness (QED) is 0.720. The van der Waals surface area contributed by atoms with E-state index in [1.807, 2.05) is 13.8 Å². The molecule has 170 valence electrons. The molecule has 0 unspecified atom stereocenters. The Hall–Kier alpha value is -1.77. The molecule has 9 heteroatoms. The second kappa shape index (κ2) is 8.77. The standard InChI is InChI=1S/C21H35N3O5S/c1-12(23(8)19(28)29-20(3,4)5)17(26)22-14-9-10-30-15-11-21(6,7)16(13(2)25)24(15)18(14)27/h12,14-16H,9-11H2,1-8H3,(H,22,26)/t12-,14-,15-,16+/m0/s1. The Morgan fingerprint density at radius 2 is 1.90 bits per heavy atom. The van der Waals surface area contributed by atoms with E-state index in [9.17, 15) is 19.2 Å². The Bertz CT molecular complexity index is 718. The molecule has 0 aliphatic carbocycles. The largest absolute Gasteiger partial charge is 0.444 e. The van der Waals surface area contributed by atoms with Crippen molar-refractivity contribution < 1.29 is 23.9 Å². The molecule has 2 aliphatic heterocycles. The molecule has 1 N–H and O–H groups in total. The summed E-state index contributed by atoms with van der Waals surface area (Å²) in [6, 6.07) is -2.03. The van der Waals surface area contributed by atoms with E-state index in [1.165, 1.54) is 18.9 Å². The number of likely N-dealkylation sites (N-methyl/N-ethyl adjacent to an activating group) is 1. The lowest BCUT2D eigenvalue weighted by Gasteiger charge is -2.34. The highest BCUT2D eigenvalue weighted by molar-refractivity contribution is 7.99. The van der Waals surface area contributed by atoms with Crippen LogP contribution in [0.1, 0.15) is 61.3 Å². The second-order valence-electron chi connectivity index (χ2n) is 9.89. The van der Waals surface area contributed by atoms with Crippen LogP contribution < -0.4 is 5.32 Å². The van der Waals surface area contributed by atoms with Gasteiger partial charge in [-0.15, -0.1) is 11.8 Å². The summed E-state index contributed by atoms with van der Waals surface area (Å²) in [5.74, 6) is 0.00941. The van der Waals surface area contributed by atoms with Gasteiger partial charge in [-0.25, -0.2) is 4.79 Å². The molecule has 2 saturated heterocycles. The van der Waals surface area contributed by atoms with Crippen molar-refractivity contribution >= 4 is 35.5 Å². The molecule has 2 fully saturated rings. The van der Waals surface area contributed by atoms with Crippen LogP contribution in [0.25, 0.3) is 0 Å². The fourth-order valence-corrected chi connectivity index (χ4v) is 5.65. The SMILES string of the molecule is CC(=O)[C@H]1N2C(=O)[C@@H](NC(=O)[C@H](C)N(C)C(=O)OC(C)(C)C)CCS[C@H]2CC1(C)C. The lowest BCUT2D eigenvalue weighted by molar-refractivity contribution is -0.142. The summed E-state index contributed by atoms with van der Waals surface area (Å²) in [7, 11) is 1.49. The Morgan fingerprint density at radius 3 is 2.43 bits per heavy atom. The third-order valence-electron chi connectivity index (χ3n) is 5.64. The molecule has 0 saturated carbocycles. The van der Waals surface area contributed by atoms with E-state index in [4.69, 9.17) is 4.74 Å². The van der Waals surface area contributed by atoms with E-state index in [1.54, 1.807) is 44.4 Å². The monoisotopic (exact) mass is 441 g/mol. The topological polar surface area (TPSA) is 96.0 Å². The fourth-order valence-electron chi connectivity index (χ4n) is 4.08. The van der Waals surface area contributed by atoms with Gasteiger partial charge in [0.05, 0.1) is 11.4 Å². The minimum Gasteiger partial charge on any atom is -0.444 e. The van der Waals surface area contributed by atoms with Crippen LogP contribution in [0.5, 0.6) is 0 Å². The number of amides is 3. The van der Waals surface area contributed by atoms with E-state index < -0.39 is 35.7 Å². The van der Waals surface area contributed by atoms with Crippen molar-refractivity contribution in [2.24, 2.45) is 5.41 Å². The van der Waals surface area contributed by atoms with Crippen molar-refractivity contribution in [3.8, 4) is 0 Å². The summed E-state index contributed by atoms with van der Waals surface area (Å²) < 4.78 is 5.31. The molecule has 2 heterocycles. The van der Waals surface area contributed by atoms with Crippen LogP contribution in [0.2, 0.25) is 0 Å². The van der Waals surface area contributed by atoms with E-state index in [2.05, 4.69) is 5.32 Å². The van der Waals surface area contributed by atoms with Gasteiger partial charge in [-0.2, -0.15) is 0 Å². The molecular formula is C21H35N3O5S. The third kappa shape index (κ3) is 5.28. The number of ketones is 1. The number of rotatable bonds is 4. The van der Waals surface area contributed by atoms with E-state index in [-0.39, 0.29) is 22.5 Å². The smallest absolute Gasteiger partial charge is 0.410 e. The summed E-state index contributed by atoms with van der Waals surface area (Å²) in [5.41, 5.74) is -0.982. The zero-order chi connectivity index (χ0) is 23.0. The second-order valence-corrected chi connectivity index (χ2v) is 11.2. The number of carbonyl (C=O) groups is 4. The van der Waals surface area contributed by atoms with Crippen molar-refractivity contribution in [2.75, 3.05) is 12.8 Å². The highest BCUT2D eigenvalue weighted by atomic mass is 32.2. The van der Waals surface area contributed by atoms with Gasteiger partial charge in [-0.3, -0.25) is 19.3 Å². The van der Waals surface area contributed by atoms with Gasteiger partial charge >= 0.3 is 6.09 Å². The Morgan fingerprint density at radius 1 is 1.30 bits per heavy atom.